The topological polar surface area (TPSA) is 50.7 Å². The molecule has 27 heavy (non-hydrogen) atoms. The molecule has 3 rings (SSSR count). The Kier molecular flexibility index (Phi) is 5.99. The third kappa shape index (κ3) is 4.79. The second kappa shape index (κ2) is 8.42. The molecule has 138 valence electrons. The summed E-state index contributed by atoms with van der Waals surface area (Å²) < 4.78 is 5.59. The summed E-state index contributed by atoms with van der Waals surface area (Å²) in [6, 6.07) is 18.9. The molecule has 0 bridgehead atoms. The third-order valence-corrected chi connectivity index (χ3v) is 4.60. The first kappa shape index (κ1) is 19.2. The molecule has 0 aliphatic rings. The standard InChI is InChI=1S/C21H18Cl2N2O2/c1-13(16-8-7-15-5-3-4-6-17(15)11-16)24-25-21(26)14(2)27-20-10-9-18(22)12-19(20)23/h3-12,14H,1-2H3,(H,25,26). The van der Waals surface area contributed by atoms with Crippen molar-refractivity contribution in [1.29, 1.82) is 0 Å². The van der Waals surface area contributed by atoms with E-state index in [-0.39, 0.29) is 5.91 Å². The lowest BCUT2D eigenvalue weighted by molar-refractivity contribution is -0.127. The molecule has 4 nitrogen and oxygen atoms in total. The highest BCUT2D eigenvalue weighted by Crippen LogP contribution is 2.28. The van der Waals surface area contributed by atoms with Crippen LogP contribution in [0.25, 0.3) is 10.8 Å². The lowest BCUT2D eigenvalue weighted by atomic mass is 10.0. The van der Waals surface area contributed by atoms with Crippen LogP contribution in [0.15, 0.2) is 65.8 Å². The van der Waals surface area contributed by atoms with Crippen molar-refractivity contribution in [3.05, 3.63) is 76.3 Å². The van der Waals surface area contributed by atoms with Gasteiger partial charge in [-0.1, -0.05) is 59.6 Å². The van der Waals surface area contributed by atoms with E-state index in [4.69, 9.17) is 27.9 Å². The zero-order valence-corrected chi connectivity index (χ0v) is 16.4. The Labute approximate surface area is 167 Å². The molecule has 0 saturated carbocycles. The van der Waals surface area contributed by atoms with Crippen LogP contribution in [-0.2, 0) is 4.79 Å². The predicted octanol–water partition coefficient (Wildman–Crippen LogP) is 5.45. The van der Waals surface area contributed by atoms with Gasteiger partial charge in [0, 0.05) is 5.02 Å². The number of hydrazone groups is 1. The molecule has 6 heteroatoms. The summed E-state index contributed by atoms with van der Waals surface area (Å²) in [5.74, 6) is 0.0140. The average molecular weight is 401 g/mol. The van der Waals surface area contributed by atoms with Gasteiger partial charge in [-0.25, -0.2) is 5.43 Å². The summed E-state index contributed by atoms with van der Waals surface area (Å²) in [4.78, 5) is 12.3. The fourth-order valence-corrected chi connectivity index (χ4v) is 2.98. The van der Waals surface area contributed by atoms with E-state index < -0.39 is 6.10 Å². The molecule has 0 aliphatic heterocycles. The van der Waals surface area contributed by atoms with Crippen LogP contribution in [0.1, 0.15) is 19.4 Å². The fourth-order valence-electron chi connectivity index (χ4n) is 2.52. The number of halogens is 2. The molecule has 0 spiro atoms. The average Bonchev–Trinajstić information content (AvgIpc) is 2.67. The summed E-state index contributed by atoms with van der Waals surface area (Å²) in [6.45, 7) is 3.47. The lowest BCUT2D eigenvalue weighted by Gasteiger charge is -2.14. The van der Waals surface area contributed by atoms with Crippen LogP contribution in [0.5, 0.6) is 5.75 Å². The van der Waals surface area contributed by atoms with Gasteiger partial charge in [-0.2, -0.15) is 5.10 Å². The normalized spacial score (nSPS) is 12.7. The smallest absolute Gasteiger partial charge is 0.280 e. The van der Waals surface area contributed by atoms with Crippen molar-refractivity contribution in [2.75, 3.05) is 0 Å². The Morgan fingerprint density at radius 1 is 1.04 bits per heavy atom. The molecule has 3 aromatic carbocycles. The van der Waals surface area contributed by atoms with Gasteiger partial charge in [-0.05, 0) is 54.4 Å². The molecular formula is C21H18Cl2N2O2. The molecule has 0 aromatic heterocycles. The van der Waals surface area contributed by atoms with E-state index in [1.165, 1.54) is 0 Å². The maximum atomic E-state index is 12.3. The van der Waals surface area contributed by atoms with Crippen molar-refractivity contribution < 1.29 is 9.53 Å². The monoisotopic (exact) mass is 400 g/mol. The van der Waals surface area contributed by atoms with E-state index in [9.17, 15) is 4.79 Å². The van der Waals surface area contributed by atoms with E-state index in [0.717, 1.165) is 16.3 Å². The van der Waals surface area contributed by atoms with Crippen LogP contribution in [0, 0.1) is 0 Å². The van der Waals surface area contributed by atoms with Crippen LogP contribution in [-0.4, -0.2) is 17.7 Å². The summed E-state index contributed by atoms with van der Waals surface area (Å²) in [6.07, 6.45) is -0.767. The minimum atomic E-state index is -0.767. The lowest BCUT2D eigenvalue weighted by Crippen LogP contribution is -2.34. The third-order valence-electron chi connectivity index (χ3n) is 4.07. The zero-order chi connectivity index (χ0) is 19.4. The Balaban J connectivity index is 1.67. The summed E-state index contributed by atoms with van der Waals surface area (Å²) >= 11 is 11.9. The SMILES string of the molecule is CC(=NNC(=O)C(C)Oc1ccc(Cl)cc1Cl)c1ccc2ccccc2c1. The fraction of sp³-hybridized carbons (Fsp3) is 0.143. The van der Waals surface area contributed by atoms with Gasteiger partial charge in [0.1, 0.15) is 5.75 Å². The van der Waals surface area contributed by atoms with Gasteiger partial charge in [0.05, 0.1) is 10.7 Å². The van der Waals surface area contributed by atoms with Gasteiger partial charge in [0.25, 0.3) is 5.91 Å². The number of nitrogens with one attached hydrogen (secondary N) is 1. The highest BCUT2D eigenvalue weighted by Gasteiger charge is 2.16. The van der Waals surface area contributed by atoms with Crippen molar-refractivity contribution >= 4 is 45.6 Å². The molecular weight excluding hydrogens is 383 g/mol. The number of carbonyl (C=O) groups is 1. The summed E-state index contributed by atoms with van der Waals surface area (Å²) in [5.41, 5.74) is 4.17. The number of benzene rings is 3. The van der Waals surface area contributed by atoms with Gasteiger partial charge >= 0.3 is 0 Å². The van der Waals surface area contributed by atoms with Crippen molar-refractivity contribution in [3.63, 3.8) is 0 Å². The maximum Gasteiger partial charge on any atom is 0.280 e. The van der Waals surface area contributed by atoms with E-state index in [1.807, 2.05) is 49.4 Å². The molecule has 0 fully saturated rings. The van der Waals surface area contributed by atoms with E-state index >= 15 is 0 Å². The largest absolute Gasteiger partial charge is 0.479 e. The van der Waals surface area contributed by atoms with Crippen LogP contribution in [0.3, 0.4) is 0 Å². The number of amides is 1. The molecule has 1 unspecified atom stereocenters. The summed E-state index contributed by atoms with van der Waals surface area (Å²) in [7, 11) is 0. The highest BCUT2D eigenvalue weighted by molar-refractivity contribution is 6.35. The summed E-state index contributed by atoms with van der Waals surface area (Å²) in [5, 5.41) is 7.30. The predicted molar refractivity (Wildman–Crippen MR) is 111 cm³/mol. The number of carbonyl (C=O) groups excluding carboxylic acids is 1. The van der Waals surface area contributed by atoms with E-state index in [0.29, 0.717) is 21.5 Å². The molecule has 3 aromatic rings. The first-order chi connectivity index (χ1) is 12.9. The van der Waals surface area contributed by atoms with Gasteiger partial charge in [-0.3, -0.25) is 4.79 Å². The van der Waals surface area contributed by atoms with Crippen LogP contribution < -0.4 is 10.2 Å². The number of hydrogen-bond donors (Lipinski definition) is 1. The second-order valence-corrected chi connectivity index (χ2v) is 6.91. The Morgan fingerprint density at radius 3 is 2.52 bits per heavy atom. The van der Waals surface area contributed by atoms with Crippen LogP contribution in [0.4, 0.5) is 0 Å². The molecule has 0 heterocycles. The van der Waals surface area contributed by atoms with Gasteiger partial charge in [-0.15, -0.1) is 0 Å². The number of fused-ring (bicyclic) bond motifs is 1. The van der Waals surface area contributed by atoms with E-state index in [1.54, 1.807) is 25.1 Å². The first-order valence-electron chi connectivity index (χ1n) is 8.39. The highest BCUT2D eigenvalue weighted by atomic mass is 35.5. The number of rotatable bonds is 5. The molecule has 1 N–H and O–H groups in total. The Hall–Kier alpha value is -2.56. The zero-order valence-electron chi connectivity index (χ0n) is 14.9. The van der Waals surface area contributed by atoms with E-state index in [2.05, 4.69) is 10.5 Å². The Bertz CT molecular complexity index is 1020. The minimum Gasteiger partial charge on any atom is -0.479 e. The van der Waals surface area contributed by atoms with Crippen molar-refractivity contribution in [1.82, 2.24) is 5.43 Å². The maximum absolute atomic E-state index is 12.3. The Morgan fingerprint density at radius 2 is 1.78 bits per heavy atom. The number of hydrogen-bond acceptors (Lipinski definition) is 3. The van der Waals surface area contributed by atoms with Crippen LogP contribution in [0.2, 0.25) is 10.0 Å². The van der Waals surface area contributed by atoms with Crippen LogP contribution >= 0.6 is 23.2 Å². The van der Waals surface area contributed by atoms with Crippen molar-refractivity contribution in [3.8, 4) is 5.75 Å². The molecule has 0 radical (unpaired) electrons. The first-order valence-corrected chi connectivity index (χ1v) is 9.14. The van der Waals surface area contributed by atoms with Gasteiger partial charge < -0.3 is 4.74 Å². The minimum absolute atomic E-state index is 0.345. The second-order valence-electron chi connectivity index (χ2n) is 6.07. The number of nitrogens with zero attached hydrogens (tertiary/aromatic N) is 1. The van der Waals surface area contributed by atoms with Crippen molar-refractivity contribution in [2.24, 2.45) is 5.10 Å². The molecule has 0 aliphatic carbocycles. The molecule has 0 saturated heterocycles. The molecule has 1 amide bonds. The molecule has 1 atom stereocenters. The van der Waals surface area contributed by atoms with Gasteiger partial charge in [0.2, 0.25) is 0 Å². The van der Waals surface area contributed by atoms with Crippen molar-refractivity contribution in [2.45, 2.75) is 20.0 Å². The van der Waals surface area contributed by atoms with Gasteiger partial charge in [0.15, 0.2) is 6.10 Å². The quantitative estimate of drug-likeness (QED) is 0.456. The number of ether oxygens (including phenoxy) is 1.